The number of nitrogens with zero attached hydrogens (tertiary/aromatic N) is 1. The molecule has 0 aromatic heterocycles. The first kappa shape index (κ1) is 17.1. The van der Waals surface area contributed by atoms with Crippen molar-refractivity contribution in [2.45, 2.75) is 6.42 Å². The smallest absolute Gasteiger partial charge is 0.0669 e. The molecule has 0 aliphatic rings. The number of hydrogen-bond donors (Lipinski definition) is 2. The Hall–Kier alpha value is -1.89. The van der Waals surface area contributed by atoms with E-state index in [1.165, 1.54) is 0 Å². The lowest BCUT2D eigenvalue weighted by Crippen LogP contribution is -1.95. The van der Waals surface area contributed by atoms with Crippen LogP contribution in [0.25, 0.3) is 11.1 Å². The lowest BCUT2D eigenvalue weighted by molar-refractivity contribution is 1.26. The fourth-order valence-corrected chi connectivity index (χ4v) is 1.83. The number of nitrogens with two attached hydrogens (primary N) is 2. The third kappa shape index (κ3) is 3.78. The maximum atomic E-state index is 8.81. The second-order valence-corrected chi connectivity index (χ2v) is 3.84. The molecule has 3 nitrogen and oxygen atoms in total. The summed E-state index contributed by atoms with van der Waals surface area (Å²) in [7, 11) is 0. The van der Waals surface area contributed by atoms with Gasteiger partial charge in [-0.15, -0.1) is 24.8 Å². The van der Waals surface area contributed by atoms with E-state index in [2.05, 4.69) is 6.07 Å². The number of halogens is 2. The van der Waals surface area contributed by atoms with Crippen molar-refractivity contribution in [3.8, 4) is 17.2 Å². The largest absolute Gasteiger partial charge is 0.399 e. The Balaban J connectivity index is 0.00000162. The van der Waals surface area contributed by atoms with E-state index in [0.29, 0.717) is 17.8 Å². The highest BCUT2D eigenvalue weighted by molar-refractivity contribution is 5.85. The van der Waals surface area contributed by atoms with Crippen LogP contribution >= 0.6 is 24.8 Å². The molecule has 100 valence electrons. The van der Waals surface area contributed by atoms with E-state index in [-0.39, 0.29) is 24.8 Å². The topological polar surface area (TPSA) is 75.8 Å². The van der Waals surface area contributed by atoms with E-state index in [4.69, 9.17) is 16.7 Å². The van der Waals surface area contributed by atoms with Crippen LogP contribution in [0.4, 0.5) is 11.4 Å². The van der Waals surface area contributed by atoms with Gasteiger partial charge in [0.15, 0.2) is 0 Å². The molecule has 0 fully saturated rings. The summed E-state index contributed by atoms with van der Waals surface area (Å²) in [6, 6.07) is 15.3. The Labute approximate surface area is 125 Å². The van der Waals surface area contributed by atoms with Crippen molar-refractivity contribution in [2.24, 2.45) is 0 Å². The molecule has 0 saturated heterocycles. The summed E-state index contributed by atoms with van der Waals surface area (Å²) in [5, 5.41) is 8.81. The Morgan fingerprint density at radius 3 is 2.32 bits per heavy atom. The van der Waals surface area contributed by atoms with Gasteiger partial charge in [0.2, 0.25) is 0 Å². The third-order valence-corrected chi connectivity index (χ3v) is 2.65. The van der Waals surface area contributed by atoms with Crippen LogP contribution in [0, 0.1) is 11.3 Å². The minimum Gasteiger partial charge on any atom is -0.399 e. The zero-order valence-corrected chi connectivity index (χ0v) is 11.8. The SMILES string of the molecule is Cl.Cl.N#CCc1ccccc1-c1cc(N)ccc1N. The van der Waals surface area contributed by atoms with Gasteiger partial charge in [-0.1, -0.05) is 24.3 Å². The number of benzene rings is 2. The van der Waals surface area contributed by atoms with Crippen molar-refractivity contribution in [3.63, 3.8) is 0 Å². The number of hydrogen-bond acceptors (Lipinski definition) is 3. The highest BCUT2D eigenvalue weighted by Crippen LogP contribution is 2.30. The molecular weight excluding hydrogens is 281 g/mol. The van der Waals surface area contributed by atoms with Crippen LogP contribution in [0.3, 0.4) is 0 Å². The van der Waals surface area contributed by atoms with Crippen molar-refractivity contribution in [1.29, 1.82) is 5.26 Å². The highest BCUT2D eigenvalue weighted by Gasteiger charge is 2.07. The molecule has 2 aromatic rings. The van der Waals surface area contributed by atoms with Crippen LogP contribution in [-0.4, -0.2) is 0 Å². The fraction of sp³-hybridized carbons (Fsp3) is 0.0714. The summed E-state index contributed by atoms with van der Waals surface area (Å²) in [5.41, 5.74) is 15.9. The number of anilines is 2. The van der Waals surface area contributed by atoms with Crippen molar-refractivity contribution >= 4 is 36.2 Å². The van der Waals surface area contributed by atoms with Crippen LogP contribution in [0.2, 0.25) is 0 Å². The molecule has 0 radical (unpaired) electrons. The molecule has 2 aromatic carbocycles. The average molecular weight is 296 g/mol. The van der Waals surface area contributed by atoms with Gasteiger partial charge >= 0.3 is 0 Å². The van der Waals surface area contributed by atoms with E-state index in [1.54, 1.807) is 12.1 Å². The lowest BCUT2D eigenvalue weighted by atomic mass is 9.96. The summed E-state index contributed by atoms with van der Waals surface area (Å²) >= 11 is 0. The maximum Gasteiger partial charge on any atom is 0.0669 e. The van der Waals surface area contributed by atoms with E-state index >= 15 is 0 Å². The Kier molecular flexibility index (Phi) is 6.78. The third-order valence-electron chi connectivity index (χ3n) is 2.65. The molecule has 4 N–H and O–H groups in total. The van der Waals surface area contributed by atoms with Crippen molar-refractivity contribution in [3.05, 3.63) is 48.0 Å². The van der Waals surface area contributed by atoms with Gasteiger partial charge < -0.3 is 11.5 Å². The second-order valence-electron chi connectivity index (χ2n) is 3.84. The maximum absolute atomic E-state index is 8.81. The van der Waals surface area contributed by atoms with Gasteiger partial charge in [0.1, 0.15) is 0 Å². The summed E-state index contributed by atoms with van der Waals surface area (Å²) < 4.78 is 0. The molecule has 0 unspecified atom stereocenters. The summed E-state index contributed by atoms with van der Waals surface area (Å²) in [6.07, 6.45) is 0.365. The van der Waals surface area contributed by atoms with Gasteiger partial charge in [-0.2, -0.15) is 5.26 Å². The molecule has 0 amide bonds. The Bertz CT molecular complexity index is 591. The fourth-order valence-electron chi connectivity index (χ4n) is 1.83. The molecule has 0 saturated carbocycles. The van der Waals surface area contributed by atoms with Crippen LogP contribution in [0.1, 0.15) is 5.56 Å². The molecular formula is C14H15Cl2N3. The highest BCUT2D eigenvalue weighted by atomic mass is 35.5. The first-order valence-corrected chi connectivity index (χ1v) is 5.32. The van der Waals surface area contributed by atoms with Crippen LogP contribution < -0.4 is 11.5 Å². The predicted molar refractivity (Wildman–Crippen MR) is 84.5 cm³/mol. The standard InChI is InChI=1S/C14H13N3.2ClH/c15-8-7-10-3-1-2-4-12(10)13-9-11(16)5-6-14(13)17;;/h1-6,9H,7,16-17H2;2*1H. The quantitative estimate of drug-likeness (QED) is 0.834. The van der Waals surface area contributed by atoms with Gasteiger partial charge in [0.05, 0.1) is 12.5 Å². The van der Waals surface area contributed by atoms with E-state index in [9.17, 15) is 0 Å². The van der Waals surface area contributed by atoms with Crippen molar-refractivity contribution in [2.75, 3.05) is 11.5 Å². The molecule has 5 heteroatoms. The molecule has 19 heavy (non-hydrogen) atoms. The van der Waals surface area contributed by atoms with Crippen LogP contribution in [0.5, 0.6) is 0 Å². The van der Waals surface area contributed by atoms with Crippen LogP contribution in [0.15, 0.2) is 42.5 Å². The summed E-state index contributed by atoms with van der Waals surface area (Å²) in [4.78, 5) is 0. The molecule has 0 spiro atoms. The number of nitriles is 1. The van der Waals surface area contributed by atoms with E-state index < -0.39 is 0 Å². The minimum absolute atomic E-state index is 0. The van der Waals surface area contributed by atoms with Gasteiger partial charge in [0, 0.05) is 16.9 Å². The van der Waals surface area contributed by atoms with Gasteiger partial charge in [-0.25, -0.2) is 0 Å². The van der Waals surface area contributed by atoms with E-state index in [1.807, 2.05) is 30.3 Å². The predicted octanol–water partition coefficient (Wildman–Crippen LogP) is 3.43. The van der Waals surface area contributed by atoms with Gasteiger partial charge in [0.25, 0.3) is 0 Å². The molecule has 0 heterocycles. The average Bonchev–Trinajstić information content (AvgIpc) is 2.34. The lowest BCUT2D eigenvalue weighted by Gasteiger charge is -2.10. The first-order valence-electron chi connectivity index (χ1n) is 5.32. The minimum atomic E-state index is 0. The van der Waals surface area contributed by atoms with Crippen LogP contribution in [-0.2, 0) is 6.42 Å². The molecule has 2 rings (SSSR count). The van der Waals surface area contributed by atoms with Gasteiger partial charge in [-0.3, -0.25) is 0 Å². The number of rotatable bonds is 2. The van der Waals surface area contributed by atoms with Gasteiger partial charge in [-0.05, 0) is 29.3 Å². The normalized spacial score (nSPS) is 8.79. The number of nitrogen functional groups attached to an aromatic ring is 2. The zero-order valence-electron chi connectivity index (χ0n) is 10.2. The van der Waals surface area contributed by atoms with Crippen molar-refractivity contribution in [1.82, 2.24) is 0 Å². The van der Waals surface area contributed by atoms with E-state index in [0.717, 1.165) is 16.7 Å². The van der Waals surface area contributed by atoms with Crippen molar-refractivity contribution < 1.29 is 0 Å². The second kappa shape index (κ2) is 7.52. The first-order chi connectivity index (χ1) is 8.22. The molecule has 0 aliphatic heterocycles. The summed E-state index contributed by atoms with van der Waals surface area (Å²) in [5.74, 6) is 0. The molecule has 0 aliphatic carbocycles. The summed E-state index contributed by atoms with van der Waals surface area (Å²) in [6.45, 7) is 0. The molecule has 0 bridgehead atoms. The monoisotopic (exact) mass is 295 g/mol. The Morgan fingerprint density at radius 1 is 0.947 bits per heavy atom. The zero-order chi connectivity index (χ0) is 12.3. The Morgan fingerprint density at radius 2 is 1.63 bits per heavy atom. The molecule has 0 atom stereocenters.